The van der Waals surface area contributed by atoms with Crippen LogP contribution in [0.1, 0.15) is 45.6 Å². The highest BCUT2D eigenvalue weighted by Gasteiger charge is 2.61. The Morgan fingerprint density at radius 1 is 1.00 bits per heavy atom. The van der Waals surface area contributed by atoms with Gasteiger partial charge in [0.15, 0.2) is 0 Å². The van der Waals surface area contributed by atoms with Gasteiger partial charge in [-0.05, 0) is 72.4 Å². The van der Waals surface area contributed by atoms with Crippen LogP contribution in [0.25, 0.3) is 5.57 Å². The van der Waals surface area contributed by atoms with Gasteiger partial charge in [0.25, 0.3) is 0 Å². The van der Waals surface area contributed by atoms with E-state index in [1.807, 2.05) is 36.4 Å². The zero-order valence-corrected chi connectivity index (χ0v) is 20.9. The van der Waals surface area contributed by atoms with E-state index < -0.39 is 0 Å². The molecular formula is C28H29BrN2O2. The van der Waals surface area contributed by atoms with Crippen LogP contribution in [0.2, 0.25) is 0 Å². The number of nitrogens with one attached hydrogen (secondary N) is 1. The normalized spacial score (nSPS) is 30.5. The van der Waals surface area contributed by atoms with Crippen LogP contribution in [0.4, 0.5) is 11.4 Å². The van der Waals surface area contributed by atoms with Crippen molar-refractivity contribution >= 4 is 44.7 Å². The van der Waals surface area contributed by atoms with Crippen molar-refractivity contribution in [3.63, 3.8) is 0 Å². The zero-order chi connectivity index (χ0) is 23.1. The average Bonchev–Trinajstić information content (AvgIpc) is 3.28. The summed E-state index contributed by atoms with van der Waals surface area (Å²) in [5.74, 6) is -0.0883. The van der Waals surface area contributed by atoms with E-state index in [0.717, 1.165) is 29.4 Å². The first-order chi connectivity index (χ1) is 15.8. The Kier molecular flexibility index (Phi) is 4.68. The third kappa shape index (κ3) is 3.08. The molecule has 0 spiro atoms. The Labute approximate surface area is 203 Å². The van der Waals surface area contributed by atoms with E-state index in [1.54, 1.807) is 0 Å². The maximum Gasteiger partial charge on any atom is 0.240 e. The molecule has 1 saturated heterocycles. The van der Waals surface area contributed by atoms with Gasteiger partial charge in [-0.1, -0.05) is 60.5 Å². The topological polar surface area (TPSA) is 49.4 Å². The molecule has 33 heavy (non-hydrogen) atoms. The van der Waals surface area contributed by atoms with Gasteiger partial charge in [-0.15, -0.1) is 0 Å². The molecule has 2 aromatic rings. The fourth-order valence-electron chi connectivity index (χ4n) is 6.80. The number of hydrogen-bond acceptors (Lipinski definition) is 3. The third-order valence-corrected chi connectivity index (χ3v) is 8.91. The van der Waals surface area contributed by atoms with E-state index in [0.29, 0.717) is 11.6 Å². The summed E-state index contributed by atoms with van der Waals surface area (Å²) in [6.45, 7) is 6.92. The Morgan fingerprint density at radius 2 is 1.73 bits per heavy atom. The summed E-state index contributed by atoms with van der Waals surface area (Å²) < 4.78 is 1.04. The molecule has 5 heteroatoms. The molecule has 1 saturated carbocycles. The van der Waals surface area contributed by atoms with Gasteiger partial charge in [-0.25, -0.2) is 4.90 Å². The number of para-hydroxylation sites is 1. The van der Waals surface area contributed by atoms with Gasteiger partial charge in [0, 0.05) is 15.7 Å². The fourth-order valence-corrected chi connectivity index (χ4v) is 7.16. The average molecular weight is 505 g/mol. The molecule has 1 N–H and O–H groups in total. The van der Waals surface area contributed by atoms with Crippen molar-refractivity contribution in [2.75, 3.05) is 10.2 Å². The SMILES string of the molecule is CC(C)(C)C1CCC2=C3c4cc(Br)ccc4NC3[C@@H]3C(=O)N(c4ccccc4)C(=O)[C@@H]3[C@@H]2C1. The molecule has 5 atom stereocenters. The van der Waals surface area contributed by atoms with Crippen molar-refractivity contribution in [1.29, 1.82) is 0 Å². The van der Waals surface area contributed by atoms with Crippen LogP contribution in [-0.4, -0.2) is 17.9 Å². The van der Waals surface area contributed by atoms with E-state index in [-0.39, 0.29) is 41.0 Å². The Balaban J connectivity index is 1.51. The van der Waals surface area contributed by atoms with Gasteiger partial charge in [0.2, 0.25) is 11.8 Å². The molecule has 0 aromatic heterocycles. The van der Waals surface area contributed by atoms with Crippen molar-refractivity contribution in [3.8, 4) is 0 Å². The molecule has 4 aliphatic rings. The maximum atomic E-state index is 13.9. The Hall–Kier alpha value is -2.40. The number of benzene rings is 2. The van der Waals surface area contributed by atoms with Crippen LogP contribution in [0.5, 0.6) is 0 Å². The van der Waals surface area contributed by atoms with E-state index in [9.17, 15) is 9.59 Å². The van der Waals surface area contributed by atoms with E-state index >= 15 is 0 Å². The number of hydrogen-bond donors (Lipinski definition) is 1. The predicted octanol–water partition coefficient (Wildman–Crippen LogP) is 6.28. The number of carbonyl (C=O) groups is 2. The minimum Gasteiger partial charge on any atom is -0.377 e. The van der Waals surface area contributed by atoms with Crippen LogP contribution in [0, 0.1) is 29.1 Å². The Bertz CT molecular complexity index is 1200. The molecule has 2 amide bonds. The molecular weight excluding hydrogens is 476 g/mol. The fraction of sp³-hybridized carbons (Fsp3) is 0.429. The minimum atomic E-state index is -0.369. The number of nitrogens with zero attached hydrogens (tertiary/aromatic N) is 1. The first-order valence-electron chi connectivity index (χ1n) is 12.0. The molecule has 4 nitrogen and oxygen atoms in total. The summed E-state index contributed by atoms with van der Waals surface area (Å²) >= 11 is 3.64. The lowest BCUT2D eigenvalue weighted by Crippen LogP contribution is -2.45. The van der Waals surface area contributed by atoms with Crippen LogP contribution in [-0.2, 0) is 9.59 Å². The zero-order valence-electron chi connectivity index (χ0n) is 19.3. The van der Waals surface area contributed by atoms with Gasteiger partial charge in [0.05, 0.1) is 23.6 Å². The highest BCUT2D eigenvalue weighted by atomic mass is 79.9. The second kappa shape index (κ2) is 7.30. The standard InChI is InChI=1S/C28H29BrN2O2/c1-28(2,3)15-9-11-18-19(13-15)23-24(25-22(18)20-14-16(29)10-12-21(20)30-25)27(33)31(26(23)32)17-7-5-4-6-8-17/h4-8,10,12,14-15,19,23-25,30H,9,11,13H2,1-3H3/t15?,19-,23-,24-,25?/m1/s1. The summed E-state index contributed by atoms with van der Waals surface area (Å²) in [5.41, 5.74) is 5.82. The summed E-state index contributed by atoms with van der Waals surface area (Å²) in [6.07, 6.45) is 3.11. The first kappa shape index (κ1) is 21.2. The van der Waals surface area contributed by atoms with Crippen LogP contribution < -0.4 is 10.2 Å². The highest BCUT2D eigenvalue weighted by molar-refractivity contribution is 9.10. The van der Waals surface area contributed by atoms with Crippen LogP contribution in [0.3, 0.4) is 0 Å². The molecule has 2 fully saturated rings. The van der Waals surface area contributed by atoms with Gasteiger partial charge in [0.1, 0.15) is 0 Å². The summed E-state index contributed by atoms with van der Waals surface area (Å²) in [7, 11) is 0. The van der Waals surface area contributed by atoms with E-state index in [4.69, 9.17) is 0 Å². The van der Waals surface area contributed by atoms with Gasteiger partial charge >= 0.3 is 0 Å². The second-order valence-corrected chi connectivity index (χ2v) is 12.0. The van der Waals surface area contributed by atoms with Crippen LogP contribution in [0.15, 0.2) is 58.6 Å². The smallest absolute Gasteiger partial charge is 0.240 e. The molecule has 2 aromatic carbocycles. The monoisotopic (exact) mass is 504 g/mol. The number of rotatable bonds is 1. The lowest BCUT2D eigenvalue weighted by Gasteiger charge is -2.46. The quantitative estimate of drug-likeness (QED) is 0.465. The lowest BCUT2D eigenvalue weighted by molar-refractivity contribution is -0.123. The van der Waals surface area contributed by atoms with Crippen molar-refractivity contribution in [2.45, 2.75) is 46.1 Å². The predicted molar refractivity (Wildman–Crippen MR) is 135 cm³/mol. The summed E-state index contributed by atoms with van der Waals surface area (Å²) in [6, 6.07) is 15.6. The summed E-state index contributed by atoms with van der Waals surface area (Å²) in [4.78, 5) is 29.3. The molecule has 6 rings (SSSR count). The van der Waals surface area contributed by atoms with Crippen molar-refractivity contribution in [1.82, 2.24) is 0 Å². The molecule has 2 aliphatic heterocycles. The van der Waals surface area contributed by atoms with Crippen molar-refractivity contribution < 1.29 is 9.59 Å². The minimum absolute atomic E-state index is 0.0220. The molecule has 2 unspecified atom stereocenters. The van der Waals surface area contributed by atoms with E-state index in [1.165, 1.54) is 21.6 Å². The van der Waals surface area contributed by atoms with Gasteiger partial charge in [-0.3, -0.25) is 9.59 Å². The highest BCUT2D eigenvalue weighted by Crippen LogP contribution is 2.58. The van der Waals surface area contributed by atoms with Gasteiger partial charge < -0.3 is 5.32 Å². The number of imide groups is 1. The van der Waals surface area contributed by atoms with Gasteiger partial charge in [-0.2, -0.15) is 0 Å². The summed E-state index contributed by atoms with van der Waals surface area (Å²) in [5, 5.41) is 3.65. The van der Waals surface area contributed by atoms with Crippen molar-refractivity contribution in [2.24, 2.45) is 29.1 Å². The number of amides is 2. The Morgan fingerprint density at radius 3 is 2.45 bits per heavy atom. The molecule has 170 valence electrons. The number of fused-ring (bicyclic) bond motifs is 7. The number of carbonyl (C=O) groups excluding carboxylic acids is 2. The molecule has 0 bridgehead atoms. The van der Waals surface area contributed by atoms with Crippen LogP contribution >= 0.6 is 15.9 Å². The van der Waals surface area contributed by atoms with Crippen molar-refractivity contribution in [3.05, 3.63) is 64.1 Å². The second-order valence-electron chi connectivity index (χ2n) is 11.1. The van der Waals surface area contributed by atoms with E-state index in [2.05, 4.69) is 54.2 Å². The largest absolute Gasteiger partial charge is 0.377 e. The third-order valence-electron chi connectivity index (χ3n) is 8.42. The molecule has 0 radical (unpaired) electrons. The number of halogens is 1. The molecule has 2 heterocycles. The first-order valence-corrected chi connectivity index (χ1v) is 12.8. The molecule has 2 aliphatic carbocycles. The number of allylic oxidation sites excluding steroid dienone is 1. The maximum absolute atomic E-state index is 13.9. The number of anilines is 2. The lowest BCUT2D eigenvalue weighted by atomic mass is 9.58.